The van der Waals surface area contributed by atoms with Gasteiger partial charge >= 0.3 is 0 Å². The van der Waals surface area contributed by atoms with E-state index in [4.69, 9.17) is 0 Å². The SMILES string of the molecule is CCC(CC)C(C)NC1CCNC1. The molecule has 2 N–H and O–H groups in total. The van der Waals surface area contributed by atoms with Crippen molar-refractivity contribution in [1.29, 1.82) is 0 Å². The minimum Gasteiger partial charge on any atom is -0.315 e. The van der Waals surface area contributed by atoms with Crippen molar-refractivity contribution in [3.63, 3.8) is 0 Å². The lowest BCUT2D eigenvalue weighted by atomic mass is 9.95. The Balaban J connectivity index is 2.25. The molecule has 0 saturated carbocycles. The van der Waals surface area contributed by atoms with Gasteiger partial charge in [-0.3, -0.25) is 0 Å². The Hall–Kier alpha value is -0.0800. The molecule has 0 aromatic heterocycles. The summed E-state index contributed by atoms with van der Waals surface area (Å²) in [6.07, 6.45) is 3.89. The molecule has 1 saturated heterocycles. The molecule has 0 aliphatic carbocycles. The Morgan fingerprint density at radius 2 is 2.08 bits per heavy atom. The molecule has 1 aliphatic rings. The lowest BCUT2D eigenvalue weighted by Gasteiger charge is -2.25. The van der Waals surface area contributed by atoms with Crippen LogP contribution in [0.5, 0.6) is 0 Å². The van der Waals surface area contributed by atoms with Gasteiger partial charge in [0.2, 0.25) is 0 Å². The first-order chi connectivity index (χ1) is 6.27. The highest BCUT2D eigenvalue weighted by Crippen LogP contribution is 2.14. The molecule has 13 heavy (non-hydrogen) atoms. The summed E-state index contributed by atoms with van der Waals surface area (Å²) in [6, 6.07) is 1.40. The van der Waals surface area contributed by atoms with Crippen LogP contribution in [0, 0.1) is 5.92 Å². The van der Waals surface area contributed by atoms with Gasteiger partial charge < -0.3 is 10.6 Å². The van der Waals surface area contributed by atoms with E-state index in [1.807, 2.05) is 0 Å². The fraction of sp³-hybridized carbons (Fsp3) is 1.00. The molecule has 1 aliphatic heterocycles. The van der Waals surface area contributed by atoms with Crippen molar-refractivity contribution >= 4 is 0 Å². The van der Waals surface area contributed by atoms with Crippen LogP contribution < -0.4 is 10.6 Å². The van der Waals surface area contributed by atoms with Crippen LogP contribution >= 0.6 is 0 Å². The summed E-state index contributed by atoms with van der Waals surface area (Å²) in [6.45, 7) is 9.26. The van der Waals surface area contributed by atoms with Crippen LogP contribution in [-0.2, 0) is 0 Å². The van der Waals surface area contributed by atoms with Gasteiger partial charge in [0.1, 0.15) is 0 Å². The number of rotatable bonds is 5. The van der Waals surface area contributed by atoms with Gasteiger partial charge in [0, 0.05) is 18.6 Å². The van der Waals surface area contributed by atoms with E-state index in [9.17, 15) is 0 Å². The van der Waals surface area contributed by atoms with E-state index in [0.29, 0.717) is 6.04 Å². The Morgan fingerprint density at radius 3 is 2.54 bits per heavy atom. The quantitative estimate of drug-likeness (QED) is 0.680. The molecular formula is C11H24N2. The summed E-state index contributed by atoms with van der Waals surface area (Å²) < 4.78 is 0. The highest BCUT2D eigenvalue weighted by molar-refractivity contribution is 4.82. The second kappa shape index (κ2) is 5.61. The maximum Gasteiger partial charge on any atom is 0.0207 e. The Morgan fingerprint density at radius 1 is 1.38 bits per heavy atom. The maximum atomic E-state index is 3.72. The van der Waals surface area contributed by atoms with Crippen molar-refractivity contribution in [3.05, 3.63) is 0 Å². The first kappa shape index (κ1) is 11.0. The smallest absolute Gasteiger partial charge is 0.0207 e. The van der Waals surface area contributed by atoms with E-state index in [0.717, 1.165) is 18.5 Å². The van der Waals surface area contributed by atoms with Gasteiger partial charge in [0.25, 0.3) is 0 Å². The third kappa shape index (κ3) is 3.28. The number of nitrogens with one attached hydrogen (secondary N) is 2. The summed E-state index contributed by atoms with van der Waals surface area (Å²) in [7, 11) is 0. The molecule has 0 spiro atoms. The first-order valence-corrected chi connectivity index (χ1v) is 5.74. The van der Waals surface area contributed by atoms with Crippen molar-refractivity contribution in [2.45, 2.75) is 52.1 Å². The molecule has 0 aromatic rings. The first-order valence-electron chi connectivity index (χ1n) is 5.74. The predicted molar refractivity (Wildman–Crippen MR) is 57.9 cm³/mol. The predicted octanol–water partition coefficient (Wildman–Crippen LogP) is 1.76. The van der Waals surface area contributed by atoms with E-state index in [1.54, 1.807) is 0 Å². The highest BCUT2D eigenvalue weighted by atomic mass is 15.0. The molecule has 1 rings (SSSR count). The van der Waals surface area contributed by atoms with Gasteiger partial charge in [-0.2, -0.15) is 0 Å². The standard InChI is InChI=1S/C11H24N2/c1-4-10(5-2)9(3)13-11-6-7-12-8-11/h9-13H,4-8H2,1-3H3. The topological polar surface area (TPSA) is 24.1 Å². The second-order valence-corrected chi connectivity index (χ2v) is 4.22. The molecule has 0 bridgehead atoms. The lowest BCUT2D eigenvalue weighted by Crippen LogP contribution is -2.41. The molecule has 2 unspecified atom stereocenters. The van der Waals surface area contributed by atoms with Crippen LogP contribution in [0.4, 0.5) is 0 Å². The van der Waals surface area contributed by atoms with E-state index in [2.05, 4.69) is 31.4 Å². The van der Waals surface area contributed by atoms with Crippen LogP contribution in [0.1, 0.15) is 40.0 Å². The Bertz CT molecular complexity index is 126. The van der Waals surface area contributed by atoms with Gasteiger partial charge in [-0.15, -0.1) is 0 Å². The molecule has 0 aromatic carbocycles. The highest BCUT2D eigenvalue weighted by Gasteiger charge is 2.19. The molecule has 2 nitrogen and oxygen atoms in total. The molecule has 1 heterocycles. The number of hydrogen-bond donors (Lipinski definition) is 2. The Labute approximate surface area is 82.5 Å². The molecule has 78 valence electrons. The van der Waals surface area contributed by atoms with Crippen molar-refractivity contribution in [2.24, 2.45) is 5.92 Å². The summed E-state index contributed by atoms with van der Waals surface area (Å²) in [4.78, 5) is 0. The van der Waals surface area contributed by atoms with E-state index in [-0.39, 0.29) is 0 Å². The minimum atomic E-state index is 0.680. The van der Waals surface area contributed by atoms with E-state index < -0.39 is 0 Å². The fourth-order valence-electron chi connectivity index (χ4n) is 2.30. The van der Waals surface area contributed by atoms with E-state index >= 15 is 0 Å². The van der Waals surface area contributed by atoms with Crippen LogP contribution in [0.2, 0.25) is 0 Å². The van der Waals surface area contributed by atoms with Gasteiger partial charge in [-0.05, 0) is 25.8 Å². The minimum absolute atomic E-state index is 0.680. The zero-order valence-electron chi connectivity index (χ0n) is 9.27. The lowest BCUT2D eigenvalue weighted by molar-refractivity contribution is 0.327. The molecule has 2 heteroatoms. The molecular weight excluding hydrogens is 160 g/mol. The van der Waals surface area contributed by atoms with Crippen molar-refractivity contribution in [3.8, 4) is 0 Å². The third-order valence-corrected chi connectivity index (χ3v) is 3.31. The zero-order chi connectivity index (χ0) is 9.68. The maximum absolute atomic E-state index is 3.72. The van der Waals surface area contributed by atoms with Crippen molar-refractivity contribution in [2.75, 3.05) is 13.1 Å². The monoisotopic (exact) mass is 184 g/mol. The van der Waals surface area contributed by atoms with Crippen LogP contribution in [0.15, 0.2) is 0 Å². The summed E-state index contributed by atoms with van der Waals surface area (Å²) in [5.41, 5.74) is 0. The van der Waals surface area contributed by atoms with Crippen LogP contribution in [0.3, 0.4) is 0 Å². The van der Waals surface area contributed by atoms with Gasteiger partial charge in [-0.25, -0.2) is 0 Å². The van der Waals surface area contributed by atoms with Crippen molar-refractivity contribution in [1.82, 2.24) is 10.6 Å². The zero-order valence-corrected chi connectivity index (χ0v) is 9.27. The normalized spacial score (nSPS) is 25.4. The average Bonchev–Trinajstić information content (AvgIpc) is 2.59. The number of hydrogen-bond acceptors (Lipinski definition) is 2. The fourth-order valence-corrected chi connectivity index (χ4v) is 2.30. The molecule has 2 atom stereocenters. The molecule has 0 amide bonds. The van der Waals surface area contributed by atoms with Crippen LogP contribution in [0.25, 0.3) is 0 Å². The second-order valence-electron chi connectivity index (χ2n) is 4.22. The summed E-state index contributed by atoms with van der Waals surface area (Å²) in [5, 5.41) is 7.11. The largest absolute Gasteiger partial charge is 0.315 e. The van der Waals surface area contributed by atoms with Crippen molar-refractivity contribution < 1.29 is 0 Å². The van der Waals surface area contributed by atoms with Gasteiger partial charge in [-0.1, -0.05) is 26.7 Å². The van der Waals surface area contributed by atoms with Crippen LogP contribution in [-0.4, -0.2) is 25.2 Å². The third-order valence-electron chi connectivity index (χ3n) is 3.31. The molecule has 0 radical (unpaired) electrons. The average molecular weight is 184 g/mol. The van der Waals surface area contributed by atoms with E-state index in [1.165, 1.54) is 25.8 Å². The Kier molecular flexibility index (Phi) is 4.74. The summed E-state index contributed by atoms with van der Waals surface area (Å²) in [5.74, 6) is 0.848. The summed E-state index contributed by atoms with van der Waals surface area (Å²) >= 11 is 0. The van der Waals surface area contributed by atoms with Gasteiger partial charge in [0.15, 0.2) is 0 Å². The van der Waals surface area contributed by atoms with Gasteiger partial charge in [0.05, 0.1) is 0 Å². The molecule has 1 fully saturated rings.